The first-order chi connectivity index (χ1) is 8.70. The molecule has 0 aliphatic carbocycles. The molecule has 4 nitrogen and oxygen atoms in total. The maximum atomic E-state index is 10.2. The fraction of sp³-hybridized carbons (Fsp3) is 0.571. The number of hydrogen-bond donors (Lipinski definition) is 1. The number of likely N-dealkylation sites (N-methyl/N-ethyl adjacent to an activating group) is 1. The van der Waals surface area contributed by atoms with Crippen molar-refractivity contribution in [1.29, 1.82) is 0 Å². The zero-order valence-corrected chi connectivity index (χ0v) is 11.1. The van der Waals surface area contributed by atoms with Gasteiger partial charge in [0.25, 0.3) is 0 Å². The molecule has 0 fully saturated rings. The zero-order chi connectivity index (χ0) is 13.0. The largest absolute Gasteiger partial charge is 0.454 e. The average molecular weight is 251 g/mol. The third kappa shape index (κ3) is 3.15. The number of ether oxygens (including phenoxy) is 2. The van der Waals surface area contributed by atoms with Crippen LogP contribution >= 0.6 is 0 Å². The fourth-order valence-electron chi connectivity index (χ4n) is 2.04. The van der Waals surface area contributed by atoms with Crippen LogP contribution < -0.4 is 9.47 Å². The second kappa shape index (κ2) is 6.07. The number of fused-ring (bicyclic) bond motifs is 1. The van der Waals surface area contributed by atoms with Gasteiger partial charge in [0.05, 0.1) is 6.10 Å². The number of unbranched alkanes of at least 4 members (excludes halogenated alkanes) is 1. The van der Waals surface area contributed by atoms with Crippen molar-refractivity contribution in [2.45, 2.75) is 25.9 Å². The standard InChI is InChI=1S/C14H21NO3/c1-3-4-7-15(2)9-12(16)11-5-6-13-14(8-11)18-10-17-13/h5-6,8,12,16H,3-4,7,9-10H2,1-2H3. The van der Waals surface area contributed by atoms with Gasteiger partial charge >= 0.3 is 0 Å². The molecule has 2 rings (SSSR count). The lowest BCUT2D eigenvalue weighted by atomic mass is 10.1. The van der Waals surface area contributed by atoms with Crippen molar-refractivity contribution >= 4 is 0 Å². The van der Waals surface area contributed by atoms with Crippen molar-refractivity contribution in [3.05, 3.63) is 23.8 Å². The molecule has 0 radical (unpaired) electrons. The maximum absolute atomic E-state index is 10.2. The van der Waals surface area contributed by atoms with Gasteiger partial charge in [-0.15, -0.1) is 0 Å². The van der Waals surface area contributed by atoms with Gasteiger partial charge < -0.3 is 19.5 Å². The lowest BCUT2D eigenvalue weighted by Crippen LogP contribution is -2.25. The third-order valence-corrected chi connectivity index (χ3v) is 3.16. The van der Waals surface area contributed by atoms with E-state index < -0.39 is 6.10 Å². The molecule has 1 atom stereocenters. The highest BCUT2D eigenvalue weighted by molar-refractivity contribution is 5.45. The van der Waals surface area contributed by atoms with Crippen molar-refractivity contribution in [2.24, 2.45) is 0 Å². The van der Waals surface area contributed by atoms with E-state index in [0.717, 1.165) is 30.0 Å². The fourth-order valence-corrected chi connectivity index (χ4v) is 2.04. The Bertz CT molecular complexity index is 395. The molecular weight excluding hydrogens is 230 g/mol. The molecule has 1 aromatic carbocycles. The Morgan fingerprint density at radius 1 is 1.33 bits per heavy atom. The number of benzene rings is 1. The zero-order valence-electron chi connectivity index (χ0n) is 11.1. The summed E-state index contributed by atoms with van der Waals surface area (Å²) >= 11 is 0. The summed E-state index contributed by atoms with van der Waals surface area (Å²) in [5.74, 6) is 1.48. The monoisotopic (exact) mass is 251 g/mol. The lowest BCUT2D eigenvalue weighted by Gasteiger charge is -2.20. The first-order valence-corrected chi connectivity index (χ1v) is 6.47. The van der Waals surface area contributed by atoms with Crippen molar-refractivity contribution in [1.82, 2.24) is 4.90 Å². The summed E-state index contributed by atoms with van der Waals surface area (Å²) in [6.07, 6.45) is 1.84. The van der Waals surface area contributed by atoms with Crippen LogP contribution in [0.4, 0.5) is 0 Å². The van der Waals surface area contributed by atoms with E-state index in [1.165, 1.54) is 6.42 Å². The summed E-state index contributed by atoms with van der Waals surface area (Å²) in [6.45, 7) is 4.09. The van der Waals surface area contributed by atoms with E-state index in [4.69, 9.17) is 9.47 Å². The first kappa shape index (κ1) is 13.2. The number of aliphatic hydroxyl groups is 1. The Balaban J connectivity index is 1.94. The summed E-state index contributed by atoms with van der Waals surface area (Å²) in [6, 6.07) is 5.61. The summed E-state index contributed by atoms with van der Waals surface area (Å²) in [4.78, 5) is 2.15. The number of hydrogen-bond acceptors (Lipinski definition) is 4. The predicted molar refractivity (Wildman–Crippen MR) is 69.9 cm³/mol. The molecule has 1 aliphatic rings. The molecule has 0 bridgehead atoms. The van der Waals surface area contributed by atoms with Crippen molar-refractivity contribution in [3.63, 3.8) is 0 Å². The molecule has 0 saturated carbocycles. The predicted octanol–water partition coefficient (Wildman–Crippen LogP) is 2.18. The first-order valence-electron chi connectivity index (χ1n) is 6.47. The SMILES string of the molecule is CCCCN(C)CC(O)c1ccc2c(c1)OCO2. The lowest BCUT2D eigenvalue weighted by molar-refractivity contribution is 0.126. The van der Waals surface area contributed by atoms with Crippen LogP contribution in [-0.4, -0.2) is 36.9 Å². The van der Waals surface area contributed by atoms with Gasteiger partial charge in [0.2, 0.25) is 6.79 Å². The quantitative estimate of drug-likeness (QED) is 0.841. The van der Waals surface area contributed by atoms with Gasteiger partial charge in [0.15, 0.2) is 11.5 Å². The van der Waals surface area contributed by atoms with Gasteiger partial charge in [-0.2, -0.15) is 0 Å². The smallest absolute Gasteiger partial charge is 0.231 e. The molecule has 0 spiro atoms. The highest BCUT2D eigenvalue weighted by atomic mass is 16.7. The molecule has 1 aliphatic heterocycles. The van der Waals surface area contributed by atoms with Crippen LogP contribution in [0.1, 0.15) is 31.4 Å². The normalized spacial score (nSPS) is 15.1. The Labute approximate surface area is 108 Å². The van der Waals surface area contributed by atoms with E-state index in [1.54, 1.807) is 0 Å². The van der Waals surface area contributed by atoms with E-state index in [0.29, 0.717) is 6.54 Å². The van der Waals surface area contributed by atoms with E-state index >= 15 is 0 Å². The van der Waals surface area contributed by atoms with Gasteiger partial charge in [-0.05, 0) is 37.7 Å². The van der Waals surface area contributed by atoms with Crippen LogP contribution in [0.15, 0.2) is 18.2 Å². The van der Waals surface area contributed by atoms with Crippen LogP contribution in [0.5, 0.6) is 11.5 Å². The molecule has 1 heterocycles. The van der Waals surface area contributed by atoms with E-state index in [1.807, 2.05) is 25.2 Å². The Morgan fingerprint density at radius 3 is 2.89 bits per heavy atom. The summed E-state index contributed by atoms with van der Waals surface area (Å²) < 4.78 is 10.6. The maximum Gasteiger partial charge on any atom is 0.231 e. The van der Waals surface area contributed by atoms with E-state index in [-0.39, 0.29) is 6.79 Å². The second-order valence-corrected chi connectivity index (χ2v) is 4.74. The second-order valence-electron chi connectivity index (χ2n) is 4.74. The van der Waals surface area contributed by atoms with Gasteiger partial charge in [-0.25, -0.2) is 0 Å². The average Bonchev–Trinajstić information content (AvgIpc) is 2.83. The molecular formula is C14H21NO3. The van der Waals surface area contributed by atoms with E-state index in [9.17, 15) is 5.11 Å². The number of aliphatic hydroxyl groups excluding tert-OH is 1. The van der Waals surface area contributed by atoms with E-state index in [2.05, 4.69) is 11.8 Å². The molecule has 0 amide bonds. The van der Waals surface area contributed by atoms with Gasteiger partial charge in [0, 0.05) is 6.54 Å². The highest BCUT2D eigenvalue weighted by Crippen LogP contribution is 2.34. The number of nitrogens with zero attached hydrogens (tertiary/aromatic N) is 1. The Hall–Kier alpha value is -1.26. The van der Waals surface area contributed by atoms with Crippen molar-refractivity contribution in [2.75, 3.05) is 26.9 Å². The van der Waals surface area contributed by atoms with Crippen LogP contribution in [0.3, 0.4) is 0 Å². The molecule has 4 heteroatoms. The van der Waals surface area contributed by atoms with Crippen molar-refractivity contribution in [3.8, 4) is 11.5 Å². The molecule has 0 saturated heterocycles. The third-order valence-electron chi connectivity index (χ3n) is 3.16. The molecule has 100 valence electrons. The Kier molecular flexibility index (Phi) is 4.44. The van der Waals surface area contributed by atoms with Crippen molar-refractivity contribution < 1.29 is 14.6 Å². The molecule has 1 N–H and O–H groups in total. The van der Waals surface area contributed by atoms with Gasteiger partial charge in [-0.3, -0.25) is 0 Å². The van der Waals surface area contributed by atoms with Crippen LogP contribution in [-0.2, 0) is 0 Å². The van der Waals surface area contributed by atoms with Gasteiger partial charge in [-0.1, -0.05) is 19.4 Å². The summed E-state index contributed by atoms with van der Waals surface area (Å²) in [5.41, 5.74) is 0.877. The highest BCUT2D eigenvalue weighted by Gasteiger charge is 2.17. The molecule has 0 aromatic heterocycles. The molecule has 18 heavy (non-hydrogen) atoms. The van der Waals surface area contributed by atoms with Crippen LogP contribution in [0, 0.1) is 0 Å². The van der Waals surface area contributed by atoms with Gasteiger partial charge in [0.1, 0.15) is 0 Å². The summed E-state index contributed by atoms with van der Waals surface area (Å²) in [5, 5.41) is 10.2. The minimum Gasteiger partial charge on any atom is -0.454 e. The minimum absolute atomic E-state index is 0.269. The number of rotatable bonds is 6. The van der Waals surface area contributed by atoms with Crippen LogP contribution in [0.25, 0.3) is 0 Å². The summed E-state index contributed by atoms with van der Waals surface area (Å²) in [7, 11) is 2.03. The topological polar surface area (TPSA) is 41.9 Å². The minimum atomic E-state index is -0.485. The molecule has 1 unspecified atom stereocenters. The Morgan fingerprint density at radius 2 is 2.11 bits per heavy atom. The van der Waals surface area contributed by atoms with Crippen LogP contribution in [0.2, 0.25) is 0 Å². The molecule has 1 aromatic rings.